The minimum atomic E-state index is 0.717. The lowest BCUT2D eigenvalue weighted by molar-refractivity contribution is 0.472. The summed E-state index contributed by atoms with van der Waals surface area (Å²) in [6, 6.07) is 13.8. The molecule has 2 rings (SSSR count). The van der Waals surface area contributed by atoms with Gasteiger partial charge in [-0.25, -0.2) is 0 Å². The molecular weight excluding hydrogens is 270 g/mol. The van der Waals surface area contributed by atoms with E-state index < -0.39 is 0 Å². The number of rotatable bonds is 6. The van der Waals surface area contributed by atoms with Gasteiger partial charge in [0, 0.05) is 17.1 Å². The number of hydrogen-bond acceptors (Lipinski definition) is 2. The Labute approximate surface area is 125 Å². The summed E-state index contributed by atoms with van der Waals surface area (Å²) in [4.78, 5) is 0. The van der Waals surface area contributed by atoms with Crippen molar-refractivity contribution in [1.29, 1.82) is 0 Å². The molecule has 1 N–H and O–H groups in total. The number of benzene rings is 2. The van der Waals surface area contributed by atoms with Crippen LogP contribution in [0.1, 0.15) is 24.5 Å². The van der Waals surface area contributed by atoms with E-state index in [1.54, 1.807) is 0 Å². The highest BCUT2D eigenvalue weighted by molar-refractivity contribution is 6.31. The van der Waals surface area contributed by atoms with Crippen LogP contribution in [0.2, 0.25) is 5.02 Å². The van der Waals surface area contributed by atoms with E-state index in [2.05, 4.69) is 19.2 Å². The van der Waals surface area contributed by atoms with E-state index in [1.807, 2.05) is 42.5 Å². The van der Waals surface area contributed by atoms with Gasteiger partial charge in [-0.15, -0.1) is 0 Å². The van der Waals surface area contributed by atoms with Crippen LogP contribution in [0.4, 0.5) is 0 Å². The lowest BCUT2D eigenvalue weighted by Gasteiger charge is -2.13. The molecule has 0 radical (unpaired) electrons. The summed E-state index contributed by atoms with van der Waals surface area (Å²) in [6.07, 6.45) is 1.10. The topological polar surface area (TPSA) is 21.3 Å². The smallest absolute Gasteiger partial charge is 0.133 e. The van der Waals surface area contributed by atoms with Gasteiger partial charge in [-0.3, -0.25) is 0 Å². The van der Waals surface area contributed by atoms with Crippen molar-refractivity contribution in [2.24, 2.45) is 0 Å². The third-order valence-electron chi connectivity index (χ3n) is 3.05. The molecule has 0 aliphatic carbocycles. The Balaban J connectivity index is 2.17. The van der Waals surface area contributed by atoms with Crippen molar-refractivity contribution in [2.75, 3.05) is 6.54 Å². The summed E-state index contributed by atoms with van der Waals surface area (Å²) in [5, 5.41) is 4.10. The maximum Gasteiger partial charge on any atom is 0.133 e. The van der Waals surface area contributed by atoms with E-state index in [0.29, 0.717) is 6.54 Å². The molecule has 0 atom stereocenters. The van der Waals surface area contributed by atoms with E-state index in [9.17, 15) is 0 Å². The maximum atomic E-state index is 6.28. The van der Waals surface area contributed by atoms with Crippen LogP contribution in [-0.4, -0.2) is 6.54 Å². The van der Waals surface area contributed by atoms with E-state index in [-0.39, 0.29) is 0 Å². The molecule has 106 valence electrons. The van der Waals surface area contributed by atoms with Crippen molar-refractivity contribution in [3.05, 3.63) is 58.6 Å². The number of ether oxygens (including phenoxy) is 1. The van der Waals surface area contributed by atoms with Crippen molar-refractivity contribution in [3.8, 4) is 11.5 Å². The summed E-state index contributed by atoms with van der Waals surface area (Å²) in [6.45, 7) is 5.89. The maximum absolute atomic E-state index is 6.28. The van der Waals surface area contributed by atoms with E-state index >= 15 is 0 Å². The zero-order valence-corrected chi connectivity index (χ0v) is 12.7. The summed E-state index contributed by atoms with van der Waals surface area (Å²) < 4.78 is 5.95. The molecule has 0 heterocycles. The van der Waals surface area contributed by atoms with Crippen LogP contribution in [0.5, 0.6) is 11.5 Å². The van der Waals surface area contributed by atoms with Crippen LogP contribution in [0.25, 0.3) is 0 Å². The lowest BCUT2D eigenvalue weighted by atomic mass is 10.2. The minimum Gasteiger partial charge on any atom is -0.457 e. The molecule has 0 saturated carbocycles. The molecular formula is C17H20ClNO. The van der Waals surface area contributed by atoms with Gasteiger partial charge in [0.2, 0.25) is 0 Å². The molecule has 3 heteroatoms. The number of halogens is 1. The van der Waals surface area contributed by atoms with Gasteiger partial charge in [-0.05, 0) is 44.2 Å². The third-order valence-corrected chi connectivity index (χ3v) is 3.41. The Kier molecular flexibility index (Phi) is 5.45. The summed E-state index contributed by atoms with van der Waals surface area (Å²) >= 11 is 6.28. The largest absolute Gasteiger partial charge is 0.457 e. The average Bonchev–Trinajstić information content (AvgIpc) is 2.44. The van der Waals surface area contributed by atoms with Crippen molar-refractivity contribution < 1.29 is 4.74 Å². The fourth-order valence-electron chi connectivity index (χ4n) is 1.93. The Morgan fingerprint density at radius 1 is 1.10 bits per heavy atom. The van der Waals surface area contributed by atoms with Crippen LogP contribution in [0.3, 0.4) is 0 Å². The van der Waals surface area contributed by atoms with Crippen molar-refractivity contribution in [2.45, 2.75) is 26.8 Å². The first-order valence-electron chi connectivity index (χ1n) is 6.93. The molecule has 0 aliphatic rings. The first-order chi connectivity index (χ1) is 9.70. The molecule has 0 aromatic heterocycles. The van der Waals surface area contributed by atoms with Gasteiger partial charge >= 0.3 is 0 Å². The highest BCUT2D eigenvalue weighted by Crippen LogP contribution is 2.30. The summed E-state index contributed by atoms with van der Waals surface area (Å²) in [7, 11) is 0. The lowest BCUT2D eigenvalue weighted by Crippen LogP contribution is -2.14. The molecule has 20 heavy (non-hydrogen) atoms. The predicted molar refractivity (Wildman–Crippen MR) is 84.7 cm³/mol. The number of nitrogens with one attached hydrogen (secondary N) is 1. The van der Waals surface area contributed by atoms with E-state index in [0.717, 1.165) is 35.1 Å². The van der Waals surface area contributed by atoms with E-state index in [1.165, 1.54) is 5.56 Å². The van der Waals surface area contributed by atoms with Crippen LogP contribution < -0.4 is 10.1 Å². The Morgan fingerprint density at radius 2 is 1.85 bits per heavy atom. The Hall–Kier alpha value is -1.51. The molecule has 0 saturated heterocycles. The van der Waals surface area contributed by atoms with Crippen molar-refractivity contribution in [3.63, 3.8) is 0 Å². The normalized spacial score (nSPS) is 10.6. The van der Waals surface area contributed by atoms with Crippen molar-refractivity contribution in [1.82, 2.24) is 5.32 Å². The Bertz CT molecular complexity index is 551. The van der Waals surface area contributed by atoms with Crippen LogP contribution in [0, 0.1) is 6.92 Å². The molecule has 2 aromatic rings. The fraction of sp³-hybridized carbons (Fsp3) is 0.294. The summed E-state index contributed by atoms with van der Waals surface area (Å²) in [5.41, 5.74) is 2.22. The third kappa shape index (κ3) is 3.99. The fourth-order valence-corrected chi connectivity index (χ4v) is 2.16. The SMILES string of the molecule is CCCNCc1c(Cl)cccc1Oc1ccc(C)cc1. The standard InChI is InChI=1S/C17H20ClNO/c1-3-11-19-12-15-16(18)5-4-6-17(15)20-14-9-7-13(2)8-10-14/h4-10,19H,3,11-12H2,1-2H3. The monoisotopic (exact) mass is 289 g/mol. The van der Waals surface area contributed by atoms with Gasteiger partial charge in [-0.2, -0.15) is 0 Å². The van der Waals surface area contributed by atoms with Gasteiger partial charge < -0.3 is 10.1 Å². The Morgan fingerprint density at radius 3 is 2.55 bits per heavy atom. The molecule has 0 fully saturated rings. The quantitative estimate of drug-likeness (QED) is 0.761. The van der Waals surface area contributed by atoms with Crippen LogP contribution in [0.15, 0.2) is 42.5 Å². The second-order valence-electron chi connectivity index (χ2n) is 4.81. The van der Waals surface area contributed by atoms with Gasteiger partial charge in [0.25, 0.3) is 0 Å². The predicted octanol–water partition coefficient (Wildman–Crippen LogP) is 4.94. The van der Waals surface area contributed by atoms with Gasteiger partial charge in [-0.1, -0.05) is 42.3 Å². The van der Waals surface area contributed by atoms with Gasteiger partial charge in [0.05, 0.1) is 0 Å². The molecule has 0 spiro atoms. The van der Waals surface area contributed by atoms with Crippen LogP contribution >= 0.6 is 11.6 Å². The second kappa shape index (κ2) is 7.32. The molecule has 0 unspecified atom stereocenters. The zero-order valence-electron chi connectivity index (χ0n) is 11.9. The number of aryl methyl sites for hydroxylation is 1. The highest BCUT2D eigenvalue weighted by atomic mass is 35.5. The average molecular weight is 290 g/mol. The minimum absolute atomic E-state index is 0.717. The van der Waals surface area contributed by atoms with Crippen LogP contribution in [-0.2, 0) is 6.54 Å². The van der Waals surface area contributed by atoms with Gasteiger partial charge in [0.1, 0.15) is 11.5 Å². The zero-order chi connectivity index (χ0) is 14.4. The van der Waals surface area contributed by atoms with Crippen molar-refractivity contribution >= 4 is 11.6 Å². The van der Waals surface area contributed by atoms with E-state index in [4.69, 9.17) is 16.3 Å². The summed E-state index contributed by atoms with van der Waals surface area (Å²) in [5.74, 6) is 1.64. The molecule has 0 aliphatic heterocycles. The molecule has 2 aromatic carbocycles. The highest BCUT2D eigenvalue weighted by Gasteiger charge is 2.08. The van der Waals surface area contributed by atoms with Gasteiger partial charge in [0.15, 0.2) is 0 Å². The first-order valence-corrected chi connectivity index (χ1v) is 7.31. The first kappa shape index (κ1) is 14.9. The molecule has 2 nitrogen and oxygen atoms in total. The second-order valence-corrected chi connectivity index (χ2v) is 5.22. The number of hydrogen-bond donors (Lipinski definition) is 1. The molecule has 0 amide bonds. The molecule has 0 bridgehead atoms.